The highest BCUT2D eigenvalue weighted by atomic mass is 32.1. The molecule has 4 aromatic rings. The van der Waals surface area contributed by atoms with Gasteiger partial charge in [-0.05, 0) is 29.5 Å². The number of aromatic amines is 1. The smallest absolute Gasteiger partial charge is 0.325 e. The van der Waals surface area contributed by atoms with E-state index in [2.05, 4.69) is 20.5 Å². The fourth-order valence-electron chi connectivity index (χ4n) is 4.16. The van der Waals surface area contributed by atoms with Gasteiger partial charge in [0.25, 0.3) is 11.8 Å². The van der Waals surface area contributed by atoms with Gasteiger partial charge >= 0.3 is 6.03 Å². The molecule has 1 aliphatic heterocycles. The minimum absolute atomic E-state index is 0.105. The summed E-state index contributed by atoms with van der Waals surface area (Å²) in [5.74, 6) is -0.0837. The van der Waals surface area contributed by atoms with E-state index in [1.807, 2.05) is 54.9 Å². The predicted octanol–water partition coefficient (Wildman–Crippen LogP) is 3.18. The van der Waals surface area contributed by atoms with E-state index >= 15 is 0 Å². The van der Waals surface area contributed by atoms with E-state index in [9.17, 15) is 14.4 Å². The van der Waals surface area contributed by atoms with Crippen molar-refractivity contribution in [3.63, 3.8) is 0 Å². The molecule has 0 bridgehead atoms. The van der Waals surface area contributed by atoms with Crippen molar-refractivity contribution in [1.29, 1.82) is 0 Å². The molecule has 180 valence electrons. The Morgan fingerprint density at radius 3 is 2.86 bits per heavy atom. The van der Waals surface area contributed by atoms with Crippen LogP contribution in [-0.2, 0) is 22.6 Å². The third-order valence-electron chi connectivity index (χ3n) is 5.87. The summed E-state index contributed by atoms with van der Waals surface area (Å²) in [5.41, 5.74) is 1.89. The van der Waals surface area contributed by atoms with Gasteiger partial charge in [0.2, 0.25) is 11.8 Å². The first-order valence-corrected chi connectivity index (χ1v) is 12.2. The maximum Gasteiger partial charge on any atom is 0.325 e. The monoisotopic (exact) mass is 492 g/mol. The molecule has 1 fully saturated rings. The number of nitrogens with one attached hydrogen (secondary N) is 2. The molecule has 1 aromatic carbocycles. The van der Waals surface area contributed by atoms with Gasteiger partial charge in [0, 0.05) is 30.1 Å². The fraction of sp³-hybridized carbons (Fsp3) is 0.292. The van der Waals surface area contributed by atoms with Crippen molar-refractivity contribution < 1.29 is 18.8 Å². The second kappa shape index (κ2) is 9.71. The van der Waals surface area contributed by atoms with Crippen LogP contribution in [0, 0.1) is 0 Å². The number of fused-ring (bicyclic) bond motifs is 1. The van der Waals surface area contributed by atoms with Gasteiger partial charge < -0.3 is 19.6 Å². The summed E-state index contributed by atoms with van der Waals surface area (Å²) in [4.78, 5) is 45.2. The molecular weight excluding hydrogens is 468 g/mol. The van der Waals surface area contributed by atoms with Crippen molar-refractivity contribution >= 4 is 40.1 Å². The van der Waals surface area contributed by atoms with Crippen LogP contribution in [-0.4, -0.2) is 62.0 Å². The Bertz CT molecular complexity index is 1360. The summed E-state index contributed by atoms with van der Waals surface area (Å²) in [5, 5.41) is 13.7. The highest BCUT2D eigenvalue weighted by Crippen LogP contribution is 2.24. The zero-order chi connectivity index (χ0) is 24.4. The number of H-pyrrole nitrogens is 1. The first-order valence-electron chi connectivity index (χ1n) is 11.3. The number of nitrogens with zero attached hydrogens (tertiary/aromatic N) is 4. The third-order valence-corrected chi connectivity index (χ3v) is 6.73. The number of hydrogen-bond acceptors (Lipinski definition) is 7. The topological polar surface area (TPSA) is 124 Å². The van der Waals surface area contributed by atoms with Gasteiger partial charge in [-0.1, -0.05) is 31.2 Å². The average Bonchev–Trinajstić information content (AvgIpc) is 3.65. The number of rotatable bonds is 9. The van der Waals surface area contributed by atoms with Crippen LogP contribution >= 0.6 is 11.3 Å². The number of urea groups is 1. The van der Waals surface area contributed by atoms with E-state index in [4.69, 9.17) is 4.42 Å². The van der Waals surface area contributed by atoms with Crippen LogP contribution in [0.15, 0.2) is 52.4 Å². The van der Waals surface area contributed by atoms with Crippen molar-refractivity contribution in [2.24, 2.45) is 0 Å². The maximum absolute atomic E-state index is 13.1. The van der Waals surface area contributed by atoms with E-state index in [0.29, 0.717) is 31.2 Å². The Labute approximate surface area is 204 Å². The number of para-hydroxylation sites is 1. The number of aromatic nitrogens is 3. The second-order valence-corrected chi connectivity index (χ2v) is 9.23. The number of thiophene rings is 1. The summed E-state index contributed by atoms with van der Waals surface area (Å²) in [7, 11) is 0. The second-order valence-electron chi connectivity index (χ2n) is 8.28. The maximum atomic E-state index is 13.1. The van der Waals surface area contributed by atoms with E-state index in [-0.39, 0.29) is 19.0 Å². The molecule has 0 aliphatic carbocycles. The average molecular weight is 493 g/mol. The summed E-state index contributed by atoms with van der Waals surface area (Å²) >= 11 is 1.48. The lowest BCUT2D eigenvalue weighted by Gasteiger charge is -2.22. The Kier molecular flexibility index (Phi) is 6.32. The van der Waals surface area contributed by atoms with Crippen LogP contribution in [0.5, 0.6) is 0 Å². The number of carbonyl (C=O) groups excluding carboxylic acids is 3. The summed E-state index contributed by atoms with van der Waals surface area (Å²) in [6.45, 7) is 2.13. The van der Waals surface area contributed by atoms with Gasteiger partial charge in [0.1, 0.15) is 12.6 Å². The van der Waals surface area contributed by atoms with Gasteiger partial charge in [0.15, 0.2) is 0 Å². The minimum atomic E-state index is -0.724. The van der Waals surface area contributed by atoms with Crippen LogP contribution in [0.2, 0.25) is 0 Å². The largest absolute Gasteiger partial charge is 0.418 e. The van der Waals surface area contributed by atoms with E-state index in [0.717, 1.165) is 26.2 Å². The molecule has 5 rings (SSSR count). The fourth-order valence-corrected chi connectivity index (χ4v) is 4.81. The lowest BCUT2D eigenvalue weighted by Crippen LogP contribution is -2.43. The highest BCUT2D eigenvalue weighted by Gasteiger charge is 2.40. The molecule has 1 atom stereocenters. The SMILES string of the molecule is CCCN(Cc1nnc(-c2cccs2)o1)C(=O)CN1C(=O)N[C@@H](Cc2c[nH]c3ccccc23)C1=O. The molecular formula is C24H24N6O4S. The lowest BCUT2D eigenvalue weighted by atomic mass is 10.1. The molecule has 0 spiro atoms. The third kappa shape index (κ3) is 4.67. The van der Waals surface area contributed by atoms with Crippen molar-refractivity contribution in [2.45, 2.75) is 32.4 Å². The quantitative estimate of drug-likeness (QED) is 0.346. The molecule has 3 aromatic heterocycles. The van der Waals surface area contributed by atoms with E-state index < -0.39 is 18.0 Å². The molecule has 4 heterocycles. The molecule has 2 N–H and O–H groups in total. The van der Waals surface area contributed by atoms with Crippen LogP contribution in [0.4, 0.5) is 4.79 Å². The molecule has 1 aliphatic rings. The van der Waals surface area contributed by atoms with Crippen molar-refractivity contribution in [3.05, 3.63) is 59.4 Å². The standard InChI is InChI=1S/C24H24N6O4S/c1-2-9-29(13-20-27-28-22(34-20)19-8-5-10-35-19)21(31)14-30-23(32)18(26-24(30)33)11-15-12-25-17-7-4-3-6-16(15)17/h3-8,10,12,18,25H,2,9,11,13-14H2,1H3,(H,26,33)/t18-/m0/s1. The number of hydrogen-bond donors (Lipinski definition) is 2. The first-order chi connectivity index (χ1) is 17.0. The predicted molar refractivity (Wildman–Crippen MR) is 129 cm³/mol. The number of benzene rings is 1. The summed E-state index contributed by atoms with van der Waals surface area (Å²) < 4.78 is 5.71. The minimum Gasteiger partial charge on any atom is -0.418 e. The summed E-state index contributed by atoms with van der Waals surface area (Å²) in [6.07, 6.45) is 2.88. The highest BCUT2D eigenvalue weighted by molar-refractivity contribution is 7.13. The van der Waals surface area contributed by atoms with E-state index in [1.165, 1.54) is 16.2 Å². The zero-order valence-corrected chi connectivity index (χ0v) is 19.9. The lowest BCUT2D eigenvalue weighted by molar-refractivity contribution is -0.138. The van der Waals surface area contributed by atoms with Crippen molar-refractivity contribution in [1.82, 2.24) is 30.3 Å². The number of imide groups is 1. The van der Waals surface area contributed by atoms with Crippen LogP contribution in [0.3, 0.4) is 0 Å². The van der Waals surface area contributed by atoms with Gasteiger partial charge in [-0.25, -0.2) is 4.79 Å². The Morgan fingerprint density at radius 2 is 2.06 bits per heavy atom. The Balaban J connectivity index is 1.25. The number of carbonyl (C=O) groups is 3. The van der Waals surface area contributed by atoms with Crippen LogP contribution in [0.1, 0.15) is 24.8 Å². The molecule has 35 heavy (non-hydrogen) atoms. The van der Waals surface area contributed by atoms with Crippen LogP contribution in [0.25, 0.3) is 21.7 Å². The molecule has 1 saturated heterocycles. The Morgan fingerprint density at radius 1 is 1.20 bits per heavy atom. The van der Waals surface area contributed by atoms with Gasteiger partial charge in [0.05, 0.1) is 11.4 Å². The zero-order valence-electron chi connectivity index (χ0n) is 19.1. The molecule has 0 saturated carbocycles. The summed E-state index contributed by atoms with van der Waals surface area (Å²) in [6, 6.07) is 10.2. The first kappa shape index (κ1) is 22.8. The number of amides is 4. The van der Waals surface area contributed by atoms with Crippen molar-refractivity contribution in [2.75, 3.05) is 13.1 Å². The van der Waals surface area contributed by atoms with Gasteiger partial charge in [-0.3, -0.25) is 14.5 Å². The molecule has 0 radical (unpaired) electrons. The van der Waals surface area contributed by atoms with Gasteiger partial charge in [-0.2, -0.15) is 0 Å². The van der Waals surface area contributed by atoms with Crippen molar-refractivity contribution in [3.8, 4) is 10.8 Å². The van der Waals surface area contributed by atoms with E-state index in [1.54, 1.807) is 0 Å². The van der Waals surface area contributed by atoms with Gasteiger partial charge in [-0.15, -0.1) is 21.5 Å². The van der Waals surface area contributed by atoms with Crippen LogP contribution < -0.4 is 5.32 Å². The normalized spacial score (nSPS) is 15.7. The molecule has 10 nitrogen and oxygen atoms in total. The molecule has 11 heteroatoms. The molecule has 4 amide bonds. The molecule has 0 unspecified atom stereocenters. The Hall–Kier alpha value is -3.99.